The van der Waals surface area contributed by atoms with Crippen LogP contribution in [0.4, 0.5) is 10.8 Å². The normalized spacial score (nSPS) is 9.17. The van der Waals surface area contributed by atoms with Crippen LogP contribution in [0.5, 0.6) is 0 Å². The summed E-state index contributed by atoms with van der Waals surface area (Å²) in [5.41, 5.74) is 13.0. The van der Waals surface area contributed by atoms with Gasteiger partial charge in [0.1, 0.15) is 6.07 Å². The Labute approximate surface area is 114 Å². The van der Waals surface area contributed by atoms with Crippen LogP contribution in [0.3, 0.4) is 0 Å². The van der Waals surface area contributed by atoms with Crippen LogP contribution in [-0.4, -0.2) is 16.5 Å². The highest BCUT2D eigenvalue weighted by Gasteiger charge is 1.95. The van der Waals surface area contributed by atoms with Gasteiger partial charge in [-0.15, -0.1) is 10.2 Å². The second kappa shape index (κ2) is 6.83. The number of hydrogen-bond acceptors (Lipinski definition) is 7. The molecule has 2 rings (SSSR count). The standard InChI is InChI=1S/C8H8N2.C3H5N3S2/c1-6-2-3-7(5-9)8(10)4-6;1-7-3-6-5-2(4)8-3/h2-4H,10H2,1H3;1H3,(H2,4,5). The molecule has 0 bridgehead atoms. The molecule has 94 valence electrons. The molecule has 0 aliphatic rings. The van der Waals surface area contributed by atoms with E-state index in [0.29, 0.717) is 16.4 Å². The zero-order valence-electron chi connectivity index (χ0n) is 10.0. The first-order chi connectivity index (χ1) is 8.56. The average molecular weight is 279 g/mol. The minimum atomic E-state index is 0.536. The van der Waals surface area contributed by atoms with Crippen molar-refractivity contribution in [2.24, 2.45) is 0 Å². The van der Waals surface area contributed by atoms with E-state index in [0.717, 1.165) is 9.90 Å². The largest absolute Gasteiger partial charge is 0.398 e. The molecule has 18 heavy (non-hydrogen) atoms. The van der Waals surface area contributed by atoms with E-state index in [1.807, 2.05) is 25.3 Å². The molecule has 7 heteroatoms. The Bertz CT molecular complexity index is 559. The minimum absolute atomic E-state index is 0.536. The van der Waals surface area contributed by atoms with E-state index in [1.54, 1.807) is 23.9 Å². The lowest BCUT2D eigenvalue weighted by atomic mass is 10.1. The van der Waals surface area contributed by atoms with E-state index < -0.39 is 0 Å². The molecule has 2 aromatic rings. The van der Waals surface area contributed by atoms with E-state index in [4.69, 9.17) is 16.7 Å². The second-order valence-corrected chi connectivity index (χ2v) is 5.38. The van der Waals surface area contributed by atoms with E-state index in [-0.39, 0.29) is 0 Å². The van der Waals surface area contributed by atoms with Crippen LogP contribution in [0, 0.1) is 18.3 Å². The highest BCUT2D eigenvalue weighted by molar-refractivity contribution is 8.00. The lowest BCUT2D eigenvalue weighted by Crippen LogP contribution is -1.89. The summed E-state index contributed by atoms with van der Waals surface area (Å²) < 4.78 is 0.919. The molecule has 0 spiro atoms. The molecule has 0 saturated carbocycles. The van der Waals surface area contributed by atoms with E-state index >= 15 is 0 Å². The van der Waals surface area contributed by atoms with E-state index in [1.165, 1.54) is 11.3 Å². The molecule has 1 heterocycles. The van der Waals surface area contributed by atoms with E-state index in [9.17, 15) is 0 Å². The van der Waals surface area contributed by atoms with Gasteiger partial charge in [-0.25, -0.2) is 0 Å². The molecule has 0 amide bonds. The molecule has 4 N–H and O–H groups in total. The van der Waals surface area contributed by atoms with Crippen molar-refractivity contribution in [3.63, 3.8) is 0 Å². The Morgan fingerprint density at radius 1 is 1.33 bits per heavy atom. The third-order valence-electron chi connectivity index (χ3n) is 1.92. The molecular weight excluding hydrogens is 266 g/mol. The highest BCUT2D eigenvalue weighted by atomic mass is 32.2. The zero-order valence-corrected chi connectivity index (χ0v) is 11.7. The van der Waals surface area contributed by atoms with Gasteiger partial charge in [0.25, 0.3) is 0 Å². The summed E-state index contributed by atoms with van der Waals surface area (Å²) in [6.07, 6.45) is 1.94. The number of nitriles is 1. The van der Waals surface area contributed by atoms with Crippen molar-refractivity contribution in [2.75, 3.05) is 17.7 Å². The van der Waals surface area contributed by atoms with Crippen LogP contribution in [0.15, 0.2) is 22.5 Å². The molecule has 0 atom stereocenters. The molecule has 0 fully saturated rings. The lowest BCUT2D eigenvalue weighted by molar-refractivity contribution is 1.02. The van der Waals surface area contributed by atoms with Crippen LogP contribution in [0.2, 0.25) is 0 Å². The van der Waals surface area contributed by atoms with Crippen molar-refractivity contribution in [3.05, 3.63) is 29.3 Å². The summed E-state index contributed by atoms with van der Waals surface area (Å²) in [5, 5.41) is 16.4. The smallest absolute Gasteiger partial charge is 0.203 e. The van der Waals surface area contributed by atoms with Gasteiger partial charge in [0.2, 0.25) is 5.13 Å². The maximum absolute atomic E-state index is 8.48. The van der Waals surface area contributed by atoms with Gasteiger partial charge in [0.15, 0.2) is 4.34 Å². The maximum atomic E-state index is 8.48. The quantitative estimate of drug-likeness (QED) is 0.613. The molecule has 0 unspecified atom stereocenters. The third kappa shape index (κ3) is 4.24. The van der Waals surface area contributed by atoms with E-state index in [2.05, 4.69) is 10.2 Å². The first-order valence-electron chi connectivity index (χ1n) is 4.96. The summed E-state index contributed by atoms with van der Waals surface area (Å²) in [6, 6.07) is 7.38. The number of anilines is 2. The summed E-state index contributed by atoms with van der Waals surface area (Å²) in [4.78, 5) is 0. The topological polar surface area (TPSA) is 102 Å². The second-order valence-electron chi connectivity index (χ2n) is 3.31. The Balaban J connectivity index is 0.000000184. The monoisotopic (exact) mass is 279 g/mol. The van der Waals surface area contributed by atoms with Gasteiger partial charge in [-0.05, 0) is 30.9 Å². The van der Waals surface area contributed by atoms with Gasteiger partial charge in [-0.1, -0.05) is 29.2 Å². The van der Waals surface area contributed by atoms with Crippen molar-refractivity contribution in [3.8, 4) is 6.07 Å². The third-order valence-corrected chi connectivity index (χ3v) is 3.65. The molecular formula is C11H13N5S2. The van der Waals surface area contributed by atoms with Crippen molar-refractivity contribution in [2.45, 2.75) is 11.3 Å². The van der Waals surface area contributed by atoms with Crippen molar-refractivity contribution in [1.29, 1.82) is 5.26 Å². The summed E-state index contributed by atoms with van der Waals surface area (Å²) >= 11 is 2.96. The SMILES string of the molecule is CSc1nnc(N)s1.Cc1ccc(C#N)c(N)c1. The van der Waals surface area contributed by atoms with Gasteiger partial charge in [-0.3, -0.25) is 0 Å². The maximum Gasteiger partial charge on any atom is 0.203 e. The number of nitrogens with zero attached hydrogens (tertiary/aromatic N) is 3. The minimum Gasteiger partial charge on any atom is -0.398 e. The van der Waals surface area contributed by atoms with Crippen molar-refractivity contribution in [1.82, 2.24) is 10.2 Å². The Morgan fingerprint density at radius 2 is 2.06 bits per heavy atom. The van der Waals surface area contributed by atoms with Crippen LogP contribution in [-0.2, 0) is 0 Å². The first-order valence-corrected chi connectivity index (χ1v) is 7.00. The van der Waals surface area contributed by atoms with Gasteiger partial charge in [0, 0.05) is 5.69 Å². The fourth-order valence-electron chi connectivity index (χ4n) is 1.09. The number of benzene rings is 1. The Morgan fingerprint density at radius 3 is 2.44 bits per heavy atom. The fourth-order valence-corrected chi connectivity index (χ4v) is 2.14. The number of hydrogen-bond donors (Lipinski definition) is 2. The predicted molar refractivity (Wildman–Crippen MR) is 76.4 cm³/mol. The van der Waals surface area contributed by atoms with Gasteiger partial charge < -0.3 is 11.5 Å². The predicted octanol–water partition coefficient (Wildman–Crippen LogP) is 2.29. The highest BCUT2D eigenvalue weighted by Crippen LogP contribution is 2.20. The first kappa shape index (κ1) is 14.3. The van der Waals surface area contributed by atoms with Crippen molar-refractivity contribution < 1.29 is 0 Å². The molecule has 1 aromatic heterocycles. The number of aromatic nitrogens is 2. The summed E-state index contributed by atoms with van der Waals surface area (Å²) in [6.45, 7) is 1.94. The number of rotatable bonds is 1. The molecule has 0 saturated heterocycles. The fraction of sp³-hybridized carbons (Fsp3) is 0.182. The number of aryl methyl sites for hydroxylation is 1. The van der Waals surface area contributed by atoms with Gasteiger partial charge in [0.05, 0.1) is 5.56 Å². The molecule has 1 aromatic carbocycles. The van der Waals surface area contributed by atoms with Crippen LogP contribution < -0.4 is 11.5 Å². The Kier molecular flexibility index (Phi) is 5.42. The van der Waals surface area contributed by atoms with Crippen LogP contribution in [0.1, 0.15) is 11.1 Å². The average Bonchev–Trinajstić information content (AvgIpc) is 2.76. The van der Waals surface area contributed by atoms with Gasteiger partial charge >= 0.3 is 0 Å². The summed E-state index contributed by atoms with van der Waals surface area (Å²) in [5.74, 6) is 0. The van der Waals surface area contributed by atoms with Crippen molar-refractivity contribution >= 4 is 33.9 Å². The van der Waals surface area contributed by atoms with Gasteiger partial charge in [-0.2, -0.15) is 5.26 Å². The van der Waals surface area contributed by atoms with Crippen LogP contribution in [0.25, 0.3) is 0 Å². The number of thioether (sulfide) groups is 1. The number of nitrogens with two attached hydrogens (primary N) is 2. The van der Waals surface area contributed by atoms with Crippen LogP contribution >= 0.6 is 23.1 Å². The summed E-state index contributed by atoms with van der Waals surface area (Å²) in [7, 11) is 0. The molecule has 0 aliphatic carbocycles. The number of nitrogen functional groups attached to an aromatic ring is 2. The molecule has 0 aliphatic heterocycles. The lowest BCUT2D eigenvalue weighted by Gasteiger charge is -1.96. The zero-order chi connectivity index (χ0) is 13.5. The molecule has 5 nitrogen and oxygen atoms in total. The Hall–Kier alpha value is -1.78. The molecule has 0 radical (unpaired) electrons.